The van der Waals surface area contributed by atoms with Crippen LogP contribution in [0.15, 0.2) is 0 Å². The zero-order valence-electron chi connectivity index (χ0n) is 7.70. The minimum atomic E-state index is -0.773. The molecule has 0 amide bonds. The fraction of sp³-hybridized carbons (Fsp3) is 0.889. The average molecular weight is 184 g/mol. The summed E-state index contributed by atoms with van der Waals surface area (Å²) in [5.41, 5.74) is 5.59. The van der Waals surface area contributed by atoms with Crippen LogP contribution in [0.4, 0.5) is 0 Å². The molecule has 2 saturated heterocycles. The molecule has 0 spiro atoms. The molecule has 0 radical (unpaired) electrons. The second-order valence-electron chi connectivity index (χ2n) is 4.53. The molecule has 4 heteroatoms. The molecule has 13 heavy (non-hydrogen) atoms. The molecule has 3 unspecified atom stereocenters. The van der Waals surface area contributed by atoms with Gasteiger partial charge >= 0.3 is 5.97 Å². The van der Waals surface area contributed by atoms with Crippen LogP contribution in [-0.4, -0.2) is 41.1 Å². The third kappa shape index (κ3) is 1.84. The summed E-state index contributed by atoms with van der Waals surface area (Å²) in [5.74, 6) is -0.136. The van der Waals surface area contributed by atoms with E-state index in [1.807, 2.05) is 0 Å². The fourth-order valence-electron chi connectivity index (χ4n) is 2.74. The van der Waals surface area contributed by atoms with Gasteiger partial charge < -0.3 is 15.7 Å². The Balaban J connectivity index is 2.03. The Morgan fingerprint density at radius 3 is 3.08 bits per heavy atom. The second-order valence-corrected chi connectivity index (χ2v) is 4.53. The van der Waals surface area contributed by atoms with Crippen LogP contribution >= 0.6 is 0 Å². The molecule has 2 rings (SSSR count). The van der Waals surface area contributed by atoms with Crippen molar-refractivity contribution in [3.05, 3.63) is 0 Å². The minimum absolute atomic E-state index is 0.111. The largest absolute Gasteiger partial charge is 0.481 e. The van der Waals surface area contributed by atoms with Crippen molar-refractivity contribution in [2.45, 2.75) is 24.8 Å². The first-order valence-electron chi connectivity index (χ1n) is 4.80. The summed E-state index contributed by atoms with van der Waals surface area (Å²) in [4.78, 5) is 12.9. The molecule has 0 aromatic heterocycles. The highest BCUT2D eigenvalue weighted by molar-refractivity contribution is 5.68. The van der Waals surface area contributed by atoms with Gasteiger partial charge in [-0.25, -0.2) is 0 Å². The molecule has 2 heterocycles. The molecule has 2 aliphatic heterocycles. The first kappa shape index (κ1) is 8.97. The Bertz CT molecular complexity index is 218. The maximum atomic E-state index is 10.6. The minimum Gasteiger partial charge on any atom is -0.481 e. The summed E-state index contributed by atoms with van der Waals surface area (Å²) in [5, 5.41) is 8.73. The molecular weight excluding hydrogens is 168 g/mol. The first-order chi connectivity index (χ1) is 6.07. The highest BCUT2D eigenvalue weighted by Gasteiger charge is 2.41. The zero-order chi connectivity index (χ0) is 9.47. The lowest BCUT2D eigenvalue weighted by Gasteiger charge is -2.37. The van der Waals surface area contributed by atoms with E-state index >= 15 is 0 Å². The number of fused-ring (bicyclic) bond motifs is 2. The second kappa shape index (κ2) is 2.96. The van der Waals surface area contributed by atoms with Gasteiger partial charge in [0.05, 0.1) is 6.42 Å². The number of rotatable bonds is 2. The molecule has 2 bridgehead atoms. The van der Waals surface area contributed by atoms with Gasteiger partial charge in [0, 0.05) is 18.6 Å². The number of hydrogen-bond donors (Lipinski definition) is 2. The Morgan fingerprint density at radius 2 is 2.46 bits per heavy atom. The predicted molar refractivity (Wildman–Crippen MR) is 48.3 cm³/mol. The maximum absolute atomic E-state index is 10.6. The van der Waals surface area contributed by atoms with Gasteiger partial charge in [-0.05, 0) is 25.3 Å². The summed E-state index contributed by atoms with van der Waals surface area (Å²) in [6, 6.07) is 0. The van der Waals surface area contributed by atoms with Gasteiger partial charge in [0.2, 0.25) is 0 Å². The molecular formula is C9H16N2O2. The topological polar surface area (TPSA) is 66.6 Å². The Labute approximate surface area is 77.7 Å². The van der Waals surface area contributed by atoms with Gasteiger partial charge in [-0.2, -0.15) is 0 Å². The molecule has 3 N–H and O–H groups in total. The van der Waals surface area contributed by atoms with Crippen molar-refractivity contribution in [3.63, 3.8) is 0 Å². The van der Waals surface area contributed by atoms with E-state index in [0.29, 0.717) is 5.92 Å². The van der Waals surface area contributed by atoms with E-state index in [-0.39, 0.29) is 6.42 Å². The number of nitrogens with zero attached hydrogens (tertiary/aromatic N) is 1. The summed E-state index contributed by atoms with van der Waals surface area (Å²) < 4.78 is 0. The predicted octanol–water partition coefficient (Wildman–Crippen LogP) is -0.116. The lowest BCUT2D eigenvalue weighted by molar-refractivity contribution is -0.138. The molecule has 0 saturated carbocycles. The monoisotopic (exact) mass is 184 g/mol. The van der Waals surface area contributed by atoms with Crippen molar-refractivity contribution in [1.82, 2.24) is 4.90 Å². The molecule has 0 aliphatic carbocycles. The Hall–Kier alpha value is -0.610. The van der Waals surface area contributed by atoms with E-state index < -0.39 is 11.5 Å². The number of hydrogen-bond acceptors (Lipinski definition) is 3. The number of nitrogens with two attached hydrogens (primary N) is 1. The van der Waals surface area contributed by atoms with Crippen molar-refractivity contribution in [1.29, 1.82) is 0 Å². The number of piperidine rings is 1. The molecule has 2 fully saturated rings. The number of aliphatic carboxylic acids is 1. The maximum Gasteiger partial charge on any atom is 0.305 e. The third-order valence-corrected chi connectivity index (χ3v) is 3.11. The molecule has 3 atom stereocenters. The van der Waals surface area contributed by atoms with Crippen LogP contribution in [0.1, 0.15) is 19.3 Å². The summed E-state index contributed by atoms with van der Waals surface area (Å²) in [7, 11) is 0. The van der Waals surface area contributed by atoms with Crippen LogP contribution in [0.25, 0.3) is 0 Å². The van der Waals surface area contributed by atoms with Crippen LogP contribution in [0.2, 0.25) is 0 Å². The SMILES string of the molecule is NC1(CC(=O)O)CC2CCN(C2)C1. The Kier molecular flexibility index (Phi) is 2.04. The highest BCUT2D eigenvalue weighted by Crippen LogP contribution is 2.33. The van der Waals surface area contributed by atoms with E-state index in [1.54, 1.807) is 0 Å². The van der Waals surface area contributed by atoms with Crippen molar-refractivity contribution in [3.8, 4) is 0 Å². The van der Waals surface area contributed by atoms with Crippen LogP contribution < -0.4 is 5.73 Å². The smallest absolute Gasteiger partial charge is 0.305 e. The molecule has 0 aromatic carbocycles. The van der Waals surface area contributed by atoms with E-state index in [2.05, 4.69) is 4.90 Å². The first-order valence-corrected chi connectivity index (χ1v) is 4.80. The third-order valence-electron chi connectivity index (χ3n) is 3.11. The number of carboxylic acid groups (broad SMARTS) is 1. The molecule has 74 valence electrons. The van der Waals surface area contributed by atoms with E-state index in [0.717, 1.165) is 26.1 Å². The van der Waals surface area contributed by atoms with Crippen molar-refractivity contribution in [2.24, 2.45) is 11.7 Å². The van der Waals surface area contributed by atoms with E-state index in [4.69, 9.17) is 10.8 Å². The number of carboxylic acids is 1. The van der Waals surface area contributed by atoms with Crippen molar-refractivity contribution < 1.29 is 9.90 Å². The summed E-state index contributed by atoms with van der Waals surface area (Å²) in [6.45, 7) is 2.98. The lowest BCUT2D eigenvalue weighted by atomic mass is 9.83. The van der Waals surface area contributed by atoms with Gasteiger partial charge in [0.25, 0.3) is 0 Å². The van der Waals surface area contributed by atoms with Crippen molar-refractivity contribution >= 4 is 5.97 Å². The molecule has 0 aromatic rings. The van der Waals surface area contributed by atoms with Crippen molar-refractivity contribution in [2.75, 3.05) is 19.6 Å². The molecule has 2 aliphatic rings. The van der Waals surface area contributed by atoms with E-state index in [1.165, 1.54) is 6.42 Å². The van der Waals surface area contributed by atoms with Crippen LogP contribution in [0, 0.1) is 5.92 Å². The fourth-order valence-corrected chi connectivity index (χ4v) is 2.74. The van der Waals surface area contributed by atoms with Gasteiger partial charge in [-0.3, -0.25) is 4.79 Å². The van der Waals surface area contributed by atoms with Crippen LogP contribution in [-0.2, 0) is 4.79 Å². The quantitative estimate of drug-likeness (QED) is 0.628. The number of carbonyl (C=O) groups is 1. The highest BCUT2D eigenvalue weighted by atomic mass is 16.4. The summed E-state index contributed by atoms with van der Waals surface area (Å²) in [6.07, 6.45) is 2.19. The summed E-state index contributed by atoms with van der Waals surface area (Å²) >= 11 is 0. The van der Waals surface area contributed by atoms with Crippen LogP contribution in [0.3, 0.4) is 0 Å². The van der Waals surface area contributed by atoms with Crippen LogP contribution in [0.5, 0.6) is 0 Å². The zero-order valence-corrected chi connectivity index (χ0v) is 7.70. The van der Waals surface area contributed by atoms with Gasteiger partial charge in [0.1, 0.15) is 0 Å². The van der Waals surface area contributed by atoms with E-state index in [9.17, 15) is 4.79 Å². The van der Waals surface area contributed by atoms with Gasteiger partial charge in [-0.1, -0.05) is 0 Å². The average Bonchev–Trinajstić information content (AvgIpc) is 2.27. The normalized spacial score (nSPS) is 43.5. The molecule has 4 nitrogen and oxygen atoms in total. The van der Waals surface area contributed by atoms with Gasteiger partial charge in [-0.15, -0.1) is 0 Å². The standard InChI is InChI=1S/C9H16N2O2/c10-9(4-8(12)13)3-7-1-2-11(5-7)6-9/h7H,1-6,10H2,(H,12,13). The Morgan fingerprint density at radius 1 is 1.69 bits per heavy atom. The lowest BCUT2D eigenvalue weighted by Crippen LogP contribution is -2.54. The van der Waals surface area contributed by atoms with Gasteiger partial charge in [0.15, 0.2) is 0 Å².